The molecular weight excluding hydrogens is 216 g/mol. The van der Waals surface area contributed by atoms with E-state index in [9.17, 15) is 19.8 Å². The van der Waals surface area contributed by atoms with Crippen LogP contribution in [0.15, 0.2) is 12.1 Å². The first kappa shape index (κ1) is 13.5. The number of benzene rings is 1. The molecule has 1 aromatic carbocycles. The van der Waals surface area contributed by atoms with Gasteiger partial charge >= 0.3 is 23.1 Å². The van der Waals surface area contributed by atoms with E-state index in [4.69, 9.17) is 10.2 Å². The maximum atomic E-state index is 10.3. The molecule has 0 aliphatic heterocycles. The first-order valence-corrected chi connectivity index (χ1v) is 3.42. The van der Waals surface area contributed by atoms with E-state index in [1.165, 1.54) is 0 Å². The number of carboxylic acid groups (broad SMARTS) is 2. The van der Waals surface area contributed by atoms with Crippen LogP contribution in [0.3, 0.4) is 0 Å². The Morgan fingerprint density at radius 2 is 1.20 bits per heavy atom. The summed E-state index contributed by atoms with van der Waals surface area (Å²) in [6.45, 7) is 0. The van der Waals surface area contributed by atoms with E-state index in [2.05, 4.69) is 0 Å². The maximum Gasteiger partial charge on any atom is 2.00 e. The second kappa shape index (κ2) is 4.85. The van der Waals surface area contributed by atoms with E-state index in [0.717, 1.165) is 0 Å². The minimum absolute atomic E-state index is 0. The Morgan fingerprint density at radius 1 is 0.933 bits per heavy atom. The summed E-state index contributed by atoms with van der Waals surface area (Å²) in [6.07, 6.45) is 0. The van der Waals surface area contributed by atoms with Crippen molar-refractivity contribution in [1.29, 1.82) is 0 Å². The van der Waals surface area contributed by atoms with Crippen molar-refractivity contribution in [2.24, 2.45) is 0 Å². The van der Waals surface area contributed by atoms with Gasteiger partial charge in [-0.3, -0.25) is 0 Å². The molecule has 2 N–H and O–H groups in total. The Hall–Kier alpha value is -1.47. The average molecular weight is 220 g/mol. The van der Waals surface area contributed by atoms with Crippen molar-refractivity contribution in [2.75, 3.05) is 0 Å². The first-order chi connectivity index (χ1) is 6.43. The summed E-state index contributed by atoms with van der Waals surface area (Å²) in [5, 5.41) is 38.6. The Morgan fingerprint density at radius 3 is 1.40 bits per heavy atom. The maximum absolute atomic E-state index is 10.3. The molecule has 0 saturated carbocycles. The van der Waals surface area contributed by atoms with Gasteiger partial charge in [-0.05, 0) is 12.1 Å². The van der Waals surface area contributed by atoms with Crippen LogP contribution >= 0.6 is 0 Å². The number of carbonyl (C=O) groups excluding carboxylic acids is 2. The Balaban J connectivity index is 0.00000196. The van der Waals surface area contributed by atoms with Gasteiger partial charge in [-0.1, -0.05) is 0 Å². The van der Waals surface area contributed by atoms with Crippen molar-refractivity contribution in [1.82, 2.24) is 0 Å². The number of phenols is 2. The van der Waals surface area contributed by atoms with E-state index in [0.29, 0.717) is 12.1 Å². The van der Waals surface area contributed by atoms with Crippen LogP contribution in [-0.2, 0) is 0 Å². The Bertz CT molecular complexity index is 374. The molecule has 7 heteroatoms. The fraction of sp³-hybridized carbons (Fsp3) is 0. The minimum Gasteiger partial charge on any atom is -0.545 e. The molecule has 1 aromatic rings. The monoisotopic (exact) mass is 220 g/mol. The van der Waals surface area contributed by atoms with Gasteiger partial charge in [-0.25, -0.2) is 0 Å². The molecular formula is C8H4MgO6. The molecule has 0 saturated heterocycles. The Labute approximate surface area is 99.9 Å². The van der Waals surface area contributed by atoms with Gasteiger partial charge in [0.2, 0.25) is 0 Å². The van der Waals surface area contributed by atoms with Crippen LogP contribution in [0.5, 0.6) is 11.5 Å². The predicted molar refractivity (Wildman–Crippen MR) is 44.2 cm³/mol. The zero-order valence-corrected chi connectivity index (χ0v) is 8.80. The molecule has 0 heterocycles. The number of carbonyl (C=O) groups is 2. The van der Waals surface area contributed by atoms with Crippen molar-refractivity contribution in [2.45, 2.75) is 0 Å². The molecule has 1 rings (SSSR count). The molecule has 6 nitrogen and oxygen atoms in total. The fourth-order valence-electron chi connectivity index (χ4n) is 0.904. The standard InChI is InChI=1S/C8H6O6.Mg/c9-5-1-3(7(11)12)6(10)2-4(5)8(13)14;/h1-2,9-10H,(H,11,12)(H,13,14);/q;+2/p-2. The van der Waals surface area contributed by atoms with Gasteiger partial charge in [0.1, 0.15) is 11.5 Å². The third-order valence-corrected chi connectivity index (χ3v) is 1.55. The van der Waals surface area contributed by atoms with Gasteiger partial charge in [-0.2, -0.15) is 0 Å². The molecule has 0 atom stereocenters. The van der Waals surface area contributed by atoms with E-state index < -0.39 is 34.6 Å². The molecule has 15 heavy (non-hydrogen) atoms. The van der Waals surface area contributed by atoms with E-state index >= 15 is 0 Å². The molecule has 0 unspecified atom stereocenters. The van der Waals surface area contributed by atoms with Gasteiger partial charge < -0.3 is 30.0 Å². The van der Waals surface area contributed by atoms with E-state index in [1.54, 1.807) is 0 Å². The molecule has 0 aromatic heterocycles. The minimum atomic E-state index is -1.72. The second-order valence-corrected chi connectivity index (χ2v) is 2.46. The summed E-state index contributed by atoms with van der Waals surface area (Å²) in [7, 11) is 0. The topological polar surface area (TPSA) is 121 Å². The van der Waals surface area contributed by atoms with Crippen molar-refractivity contribution in [3.05, 3.63) is 23.3 Å². The quantitative estimate of drug-likeness (QED) is 0.418. The molecule has 0 amide bonds. The Kier molecular flexibility index (Phi) is 4.37. The van der Waals surface area contributed by atoms with Gasteiger partial charge in [0.05, 0.1) is 11.9 Å². The van der Waals surface area contributed by atoms with E-state index in [1.807, 2.05) is 0 Å². The van der Waals surface area contributed by atoms with Gasteiger partial charge in [-0.15, -0.1) is 0 Å². The third kappa shape index (κ3) is 2.74. The van der Waals surface area contributed by atoms with Crippen LogP contribution in [-0.4, -0.2) is 45.2 Å². The van der Waals surface area contributed by atoms with Crippen LogP contribution < -0.4 is 10.2 Å². The first-order valence-electron chi connectivity index (χ1n) is 3.42. The number of carboxylic acids is 2. The molecule has 0 fully saturated rings. The third-order valence-electron chi connectivity index (χ3n) is 1.55. The molecule has 0 bridgehead atoms. The van der Waals surface area contributed by atoms with E-state index in [-0.39, 0.29) is 23.1 Å². The largest absolute Gasteiger partial charge is 2.00 e. The van der Waals surface area contributed by atoms with Gasteiger partial charge in [0.25, 0.3) is 0 Å². The number of aromatic carboxylic acids is 2. The van der Waals surface area contributed by atoms with Crippen LogP contribution in [0, 0.1) is 0 Å². The number of hydrogen-bond acceptors (Lipinski definition) is 6. The van der Waals surface area contributed by atoms with Crippen molar-refractivity contribution >= 4 is 35.0 Å². The summed E-state index contributed by atoms with van der Waals surface area (Å²) in [4.78, 5) is 20.6. The summed E-state index contributed by atoms with van der Waals surface area (Å²) < 4.78 is 0. The number of rotatable bonds is 2. The van der Waals surface area contributed by atoms with Crippen molar-refractivity contribution in [3.8, 4) is 11.5 Å². The van der Waals surface area contributed by atoms with Gasteiger partial charge in [0, 0.05) is 11.1 Å². The second-order valence-electron chi connectivity index (χ2n) is 2.46. The summed E-state index contributed by atoms with van der Waals surface area (Å²) >= 11 is 0. The summed E-state index contributed by atoms with van der Waals surface area (Å²) in [5.74, 6) is -5.05. The summed E-state index contributed by atoms with van der Waals surface area (Å²) in [6, 6.07) is 1.16. The van der Waals surface area contributed by atoms with Crippen molar-refractivity contribution < 1.29 is 30.0 Å². The summed E-state index contributed by atoms with van der Waals surface area (Å²) in [5.41, 5.74) is -1.38. The molecule has 0 aliphatic rings. The molecule has 0 radical (unpaired) electrons. The molecule has 74 valence electrons. The van der Waals surface area contributed by atoms with Crippen LogP contribution in [0.4, 0.5) is 0 Å². The van der Waals surface area contributed by atoms with Crippen LogP contribution in [0.2, 0.25) is 0 Å². The van der Waals surface area contributed by atoms with Crippen LogP contribution in [0.1, 0.15) is 20.7 Å². The zero-order valence-electron chi connectivity index (χ0n) is 7.39. The molecule has 0 aliphatic carbocycles. The van der Waals surface area contributed by atoms with Crippen molar-refractivity contribution in [3.63, 3.8) is 0 Å². The number of aromatic hydroxyl groups is 2. The normalized spacial score (nSPS) is 9.07. The SMILES string of the molecule is O=C([O-])c1cc(O)c(C(=O)[O-])cc1O.[Mg+2]. The number of hydrogen-bond donors (Lipinski definition) is 2. The zero-order chi connectivity index (χ0) is 10.9. The smallest absolute Gasteiger partial charge is 0.545 e. The predicted octanol–water partition coefficient (Wildman–Crippen LogP) is -2.56. The fourth-order valence-corrected chi connectivity index (χ4v) is 0.904. The van der Waals surface area contributed by atoms with Crippen LogP contribution in [0.25, 0.3) is 0 Å². The van der Waals surface area contributed by atoms with Gasteiger partial charge in [0.15, 0.2) is 0 Å². The molecule has 0 spiro atoms. The average Bonchev–Trinajstić information content (AvgIpc) is 2.07.